The normalized spacial score (nSPS) is 10.6. The molecule has 3 nitrogen and oxygen atoms in total. The van der Waals surface area contributed by atoms with Gasteiger partial charge in [-0.25, -0.2) is 0 Å². The van der Waals surface area contributed by atoms with Crippen LogP contribution in [0.25, 0.3) is 6.08 Å². The van der Waals surface area contributed by atoms with Crippen LogP contribution in [-0.2, 0) is 0 Å². The standard InChI is InChI=1S/C16H15NO2/c1-12-3-6-16(19-2)14(11-12)15(18)5-4-13-7-9-17-10-8-13/h3-11H,1-2H3/b5-4+. The van der Waals surface area contributed by atoms with Crippen molar-refractivity contribution in [2.75, 3.05) is 7.11 Å². The molecule has 1 heterocycles. The van der Waals surface area contributed by atoms with Gasteiger partial charge in [-0.05, 0) is 42.8 Å². The highest BCUT2D eigenvalue weighted by atomic mass is 16.5. The zero-order chi connectivity index (χ0) is 13.7. The third-order valence-corrected chi connectivity index (χ3v) is 2.75. The van der Waals surface area contributed by atoms with Crippen molar-refractivity contribution in [3.05, 3.63) is 65.5 Å². The van der Waals surface area contributed by atoms with Crippen molar-refractivity contribution in [3.63, 3.8) is 0 Å². The first-order valence-electron chi connectivity index (χ1n) is 5.98. The molecule has 0 bridgehead atoms. The Labute approximate surface area is 112 Å². The molecule has 0 saturated heterocycles. The fourth-order valence-electron chi connectivity index (χ4n) is 1.75. The number of benzene rings is 1. The van der Waals surface area contributed by atoms with E-state index in [1.54, 1.807) is 31.7 Å². The Balaban J connectivity index is 2.25. The lowest BCUT2D eigenvalue weighted by atomic mass is 10.1. The van der Waals surface area contributed by atoms with Crippen LogP contribution in [0.5, 0.6) is 5.75 Å². The van der Waals surface area contributed by atoms with Crippen molar-refractivity contribution < 1.29 is 9.53 Å². The van der Waals surface area contributed by atoms with Gasteiger partial charge in [0.05, 0.1) is 12.7 Å². The molecular weight excluding hydrogens is 238 g/mol. The molecule has 0 spiro atoms. The van der Waals surface area contributed by atoms with Gasteiger partial charge in [0.15, 0.2) is 5.78 Å². The Morgan fingerprint density at radius 3 is 2.63 bits per heavy atom. The maximum absolute atomic E-state index is 12.2. The number of aromatic nitrogens is 1. The van der Waals surface area contributed by atoms with E-state index in [1.165, 1.54) is 0 Å². The number of carbonyl (C=O) groups excluding carboxylic acids is 1. The maximum Gasteiger partial charge on any atom is 0.189 e. The minimum absolute atomic E-state index is 0.0719. The number of carbonyl (C=O) groups is 1. The quantitative estimate of drug-likeness (QED) is 0.620. The van der Waals surface area contributed by atoms with Gasteiger partial charge in [-0.2, -0.15) is 0 Å². The Morgan fingerprint density at radius 2 is 1.95 bits per heavy atom. The summed E-state index contributed by atoms with van der Waals surface area (Å²) >= 11 is 0. The highest BCUT2D eigenvalue weighted by Crippen LogP contribution is 2.20. The molecule has 0 N–H and O–H groups in total. The predicted octanol–water partition coefficient (Wildman–Crippen LogP) is 3.29. The monoisotopic (exact) mass is 253 g/mol. The van der Waals surface area contributed by atoms with Crippen LogP contribution >= 0.6 is 0 Å². The molecule has 0 fully saturated rings. The summed E-state index contributed by atoms with van der Waals surface area (Å²) in [5.41, 5.74) is 2.55. The lowest BCUT2D eigenvalue weighted by Crippen LogP contribution is -1.99. The summed E-state index contributed by atoms with van der Waals surface area (Å²) in [5, 5.41) is 0. The van der Waals surface area contributed by atoms with Crippen molar-refractivity contribution in [2.45, 2.75) is 6.92 Å². The molecule has 96 valence electrons. The zero-order valence-electron chi connectivity index (χ0n) is 11.0. The molecule has 1 aromatic heterocycles. The number of aryl methyl sites for hydroxylation is 1. The largest absolute Gasteiger partial charge is 0.496 e. The topological polar surface area (TPSA) is 39.2 Å². The van der Waals surface area contributed by atoms with E-state index in [-0.39, 0.29) is 5.78 Å². The van der Waals surface area contributed by atoms with E-state index in [4.69, 9.17) is 4.74 Å². The Hall–Kier alpha value is -2.42. The minimum Gasteiger partial charge on any atom is -0.496 e. The van der Waals surface area contributed by atoms with Crippen LogP contribution in [0.15, 0.2) is 48.8 Å². The van der Waals surface area contributed by atoms with E-state index in [2.05, 4.69) is 4.98 Å². The summed E-state index contributed by atoms with van der Waals surface area (Å²) in [5.74, 6) is 0.521. The number of nitrogens with zero attached hydrogens (tertiary/aromatic N) is 1. The van der Waals surface area contributed by atoms with Gasteiger partial charge in [0.2, 0.25) is 0 Å². The molecule has 0 aliphatic rings. The highest BCUT2D eigenvalue weighted by Gasteiger charge is 2.09. The molecule has 2 aromatic rings. The van der Waals surface area contributed by atoms with E-state index in [9.17, 15) is 4.79 Å². The number of methoxy groups -OCH3 is 1. The Kier molecular flexibility index (Phi) is 4.08. The maximum atomic E-state index is 12.2. The molecule has 0 radical (unpaired) electrons. The second-order valence-electron chi connectivity index (χ2n) is 4.18. The van der Waals surface area contributed by atoms with Crippen LogP contribution in [0.1, 0.15) is 21.5 Å². The average Bonchev–Trinajstić information content (AvgIpc) is 2.46. The molecule has 19 heavy (non-hydrogen) atoms. The third-order valence-electron chi connectivity index (χ3n) is 2.75. The fourth-order valence-corrected chi connectivity index (χ4v) is 1.75. The van der Waals surface area contributed by atoms with Crippen molar-refractivity contribution in [3.8, 4) is 5.75 Å². The van der Waals surface area contributed by atoms with E-state index in [0.29, 0.717) is 11.3 Å². The van der Waals surface area contributed by atoms with Gasteiger partial charge in [0, 0.05) is 12.4 Å². The molecule has 0 saturated carbocycles. The number of allylic oxidation sites excluding steroid dienone is 1. The van der Waals surface area contributed by atoms with Crippen molar-refractivity contribution >= 4 is 11.9 Å². The van der Waals surface area contributed by atoms with Crippen molar-refractivity contribution in [2.24, 2.45) is 0 Å². The molecule has 3 heteroatoms. The smallest absolute Gasteiger partial charge is 0.189 e. The molecule has 0 aliphatic carbocycles. The van der Waals surface area contributed by atoms with Crippen molar-refractivity contribution in [1.82, 2.24) is 4.98 Å². The molecule has 0 amide bonds. The first kappa shape index (κ1) is 13.0. The predicted molar refractivity (Wildman–Crippen MR) is 75.3 cm³/mol. The first-order valence-corrected chi connectivity index (χ1v) is 5.98. The third kappa shape index (κ3) is 3.28. The van der Waals surface area contributed by atoms with Gasteiger partial charge < -0.3 is 4.74 Å². The van der Waals surface area contributed by atoms with E-state index in [0.717, 1.165) is 11.1 Å². The van der Waals surface area contributed by atoms with Crippen molar-refractivity contribution in [1.29, 1.82) is 0 Å². The molecule has 1 aromatic carbocycles. The molecule has 2 rings (SSSR count). The average molecular weight is 253 g/mol. The number of rotatable bonds is 4. The SMILES string of the molecule is COc1ccc(C)cc1C(=O)/C=C/c1ccncc1. The summed E-state index contributed by atoms with van der Waals surface area (Å²) < 4.78 is 5.21. The first-order chi connectivity index (χ1) is 9.20. The van der Waals surface area contributed by atoms with Crippen LogP contribution in [0.3, 0.4) is 0 Å². The van der Waals surface area contributed by atoms with E-state index < -0.39 is 0 Å². The number of hydrogen-bond donors (Lipinski definition) is 0. The van der Waals surface area contributed by atoms with Crippen LogP contribution < -0.4 is 4.74 Å². The van der Waals surface area contributed by atoms with E-state index >= 15 is 0 Å². The summed E-state index contributed by atoms with van der Waals surface area (Å²) in [6, 6.07) is 9.25. The second-order valence-corrected chi connectivity index (χ2v) is 4.18. The molecular formula is C16H15NO2. The number of hydrogen-bond acceptors (Lipinski definition) is 3. The molecule has 0 aliphatic heterocycles. The second kappa shape index (κ2) is 5.96. The van der Waals surface area contributed by atoms with Gasteiger partial charge in [-0.3, -0.25) is 9.78 Å². The Morgan fingerprint density at radius 1 is 1.21 bits per heavy atom. The summed E-state index contributed by atoms with van der Waals surface area (Å²) in [6.07, 6.45) is 6.70. The van der Waals surface area contributed by atoms with Crippen LogP contribution in [-0.4, -0.2) is 17.9 Å². The lowest BCUT2D eigenvalue weighted by Gasteiger charge is -2.06. The highest BCUT2D eigenvalue weighted by molar-refractivity contribution is 6.08. The van der Waals surface area contributed by atoms with Gasteiger partial charge in [-0.1, -0.05) is 17.7 Å². The summed E-state index contributed by atoms with van der Waals surface area (Å²) in [7, 11) is 1.56. The lowest BCUT2D eigenvalue weighted by molar-refractivity contribution is 0.104. The minimum atomic E-state index is -0.0719. The fraction of sp³-hybridized carbons (Fsp3) is 0.125. The number of pyridine rings is 1. The van der Waals surface area contributed by atoms with E-state index in [1.807, 2.05) is 37.3 Å². The zero-order valence-corrected chi connectivity index (χ0v) is 11.0. The molecule has 0 atom stereocenters. The van der Waals surface area contributed by atoms with Gasteiger partial charge in [0.25, 0.3) is 0 Å². The van der Waals surface area contributed by atoms with Gasteiger partial charge in [0.1, 0.15) is 5.75 Å². The van der Waals surface area contributed by atoms with Crippen LogP contribution in [0.2, 0.25) is 0 Å². The van der Waals surface area contributed by atoms with Crippen LogP contribution in [0.4, 0.5) is 0 Å². The van der Waals surface area contributed by atoms with Gasteiger partial charge >= 0.3 is 0 Å². The number of ketones is 1. The molecule has 0 unspecified atom stereocenters. The van der Waals surface area contributed by atoms with Gasteiger partial charge in [-0.15, -0.1) is 0 Å². The summed E-state index contributed by atoms with van der Waals surface area (Å²) in [4.78, 5) is 16.1. The Bertz CT molecular complexity index is 603. The number of ether oxygens (including phenoxy) is 1. The van der Waals surface area contributed by atoms with Crippen LogP contribution in [0, 0.1) is 6.92 Å². The summed E-state index contributed by atoms with van der Waals surface area (Å²) in [6.45, 7) is 1.95.